The van der Waals surface area contributed by atoms with Gasteiger partial charge < -0.3 is 5.32 Å². The minimum atomic E-state index is 0.302. The van der Waals surface area contributed by atoms with Crippen molar-refractivity contribution in [1.29, 1.82) is 0 Å². The molecule has 1 aliphatic heterocycles. The highest BCUT2D eigenvalue weighted by molar-refractivity contribution is 7.09. The maximum atomic E-state index is 4.82. The molecule has 0 atom stereocenters. The van der Waals surface area contributed by atoms with Crippen LogP contribution in [0.2, 0.25) is 0 Å². The molecule has 3 heteroatoms. The molecule has 1 N–H and O–H groups in total. The van der Waals surface area contributed by atoms with Crippen molar-refractivity contribution in [3.8, 4) is 11.3 Å². The monoisotopic (exact) mass is 286 g/mol. The molecule has 3 rings (SSSR count). The molecule has 0 saturated heterocycles. The number of rotatable bonds is 2. The third kappa shape index (κ3) is 3.10. The maximum Gasteiger partial charge on any atom is 0.0937 e. The third-order valence-electron chi connectivity index (χ3n) is 3.62. The quantitative estimate of drug-likeness (QED) is 0.901. The summed E-state index contributed by atoms with van der Waals surface area (Å²) in [7, 11) is 0. The van der Waals surface area contributed by atoms with Gasteiger partial charge in [0.2, 0.25) is 0 Å². The lowest BCUT2D eigenvalue weighted by atomic mass is 9.93. The number of benzene rings is 1. The van der Waals surface area contributed by atoms with E-state index in [1.54, 1.807) is 11.3 Å². The first-order valence-electron chi connectivity index (χ1n) is 7.29. The van der Waals surface area contributed by atoms with Crippen molar-refractivity contribution >= 4 is 11.3 Å². The smallest absolute Gasteiger partial charge is 0.0937 e. The van der Waals surface area contributed by atoms with Crippen LogP contribution in [-0.2, 0) is 19.4 Å². The van der Waals surface area contributed by atoms with Gasteiger partial charge in [0.05, 0.1) is 10.7 Å². The Labute approximate surface area is 125 Å². The van der Waals surface area contributed by atoms with E-state index in [0.29, 0.717) is 5.41 Å². The Bertz CT molecular complexity index is 608. The van der Waals surface area contributed by atoms with Crippen LogP contribution in [0.25, 0.3) is 11.3 Å². The highest BCUT2D eigenvalue weighted by Gasteiger charge is 2.15. The van der Waals surface area contributed by atoms with E-state index >= 15 is 0 Å². The van der Waals surface area contributed by atoms with Crippen LogP contribution in [0.3, 0.4) is 0 Å². The van der Waals surface area contributed by atoms with Crippen molar-refractivity contribution in [3.05, 3.63) is 39.7 Å². The van der Waals surface area contributed by atoms with Crippen LogP contribution in [0.5, 0.6) is 0 Å². The summed E-state index contributed by atoms with van der Waals surface area (Å²) in [6.45, 7) is 8.88. The van der Waals surface area contributed by atoms with Gasteiger partial charge in [-0.2, -0.15) is 0 Å². The lowest BCUT2D eigenvalue weighted by molar-refractivity contribution is 0.410. The van der Waals surface area contributed by atoms with Crippen molar-refractivity contribution in [3.63, 3.8) is 0 Å². The summed E-state index contributed by atoms with van der Waals surface area (Å²) < 4.78 is 0. The molecule has 2 aromatic rings. The predicted octanol–water partition coefficient (Wildman–Crippen LogP) is 4.04. The van der Waals surface area contributed by atoms with Crippen molar-refractivity contribution in [2.45, 2.75) is 40.2 Å². The second-order valence-corrected chi connectivity index (χ2v) is 7.72. The van der Waals surface area contributed by atoms with Gasteiger partial charge in [-0.1, -0.05) is 32.9 Å². The summed E-state index contributed by atoms with van der Waals surface area (Å²) in [4.78, 5) is 4.82. The van der Waals surface area contributed by atoms with Gasteiger partial charge >= 0.3 is 0 Å². The second-order valence-electron chi connectivity index (χ2n) is 6.77. The molecule has 0 bridgehead atoms. The predicted molar refractivity (Wildman–Crippen MR) is 86.1 cm³/mol. The van der Waals surface area contributed by atoms with E-state index in [1.165, 1.54) is 21.7 Å². The Balaban J connectivity index is 1.86. The van der Waals surface area contributed by atoms with Crippen molar-refractivity contribution in [2.75, 3.05) is 6.54 Å². The molecule has 106 valence electrons. The topological polar surface area (TPSA) is 24.9 Å². The molecule has 0 saturated carbocycles. The van der Waals surface area contributed by atoms with Crippen LogP contribution in [0.1, 0.15) is 36.9 Å². The van der Waals surface area contributed by atoms with Crippen molar-refractivity contribution in [2.24, 2.45) is 5.41 Å². The van der Waals surface area contributed by atoms with Crippen LogP contribution in [0.4, 0.5) is 0 Å². The average molecular weight is 286 g/mol. The minimum absolute atomic E-state index is 0.302. The fourth-order valence-electron chi connectivity index (χ4n) is 2.61. The summed E-state index contributed by atoms with van der Waals surface area (Å²) in [5.74, 6) is 0. The van der Waals surface area contributed by atoms with Gasteiger partial charge in [-0.15, -0.1) is 11.3 Å². The Morgan fingerprint density at radius 1 is 1.25 bits per heavy atom. The number of aromatic nitrogens is 1. The van der Waals surface area contributed by atoms with Gasteiger partial charge in [-0.25, -0.2) is 4.98 Å². The number of nitrogens with zero attached hydrogens (tertiary/aromatic N) is 1. The van der Waals surface area contributed by atoms with E-state index in [0.717, 1.165) is 31.6 Å². The summed E-state index contributed by atoms with van der Waals surface area (Å²) >= 11 is 1.79. The zero-order valence-electron chi connectivity index (χ0n) is 12.5. The molecule has 2 heterocycles. The Hall–Kier alpha value is -1.19. The molecule has 0 aliphatic carbocycles. The second kappa shape index (κ2) is 5.30. The lowest BCUT2D eigenvalue weighted by Crippen LogP contribution is -2.23. The molecule has 1 aliphatic rings. The fraction of sp³-hybridized carbons (Fsp3) is 0.471. The van der Waals surface area contributed by atoms with Gasteiger partial charge in [-0.3, -0.25) is 0 Å². The molecule has 0 radical (unpaired) electrons. The van der Waals surface area contributed by atoms with Crippen molar-refractivity contribution in [1.82, 2.24) is 10.3 Å². The van der Waals surface area contributed by atoms with E-state index in [2.05, 4.69) is 49.7 Å². The maximum absolute atomic E-state index is 4.82. The summed E-state index contributed by atoms with van der Waals surface area (Å²) in [6.07, 6.45) is 2.18. The largest absolute Gasteiger partial charge is 0.312 e. The first kappa shape index (κ1) is 13.8. The van der Waals surface area contributed by atoms with Gasteiger partial charge in [0, 0.05) is 23.9 Å². The average Bonchev–Trinajstić information content (AvgIpc) is 2.84. The molecule has 2 nitrogen and oxygen atoms in total. The zero-order valence-corrected chi connectivity index (χ0v) is 13.3. The molecule has 20 heavy (non-hydrogen) atoms. The third-order valence-corrected chi connectivity index (χ3v) is 4.47. The molecule has 0 fully saturated rings. The van der Waals surface area contributed by atoms with Crippen LogP contribution >= 0.6 is 11.3 Å². The van der Waals surface area contributed by atoms with Gasteiger partial charge in [0.1, 0.15) is 0 Å². The van der Waals surface area contributed by atoms with E-state index in [1.807, 2.05) is 0 Å². The lowest BCUT2D eigenvalue weighted by Gasteiger charge is -2.17. The molecule has 0 spiro atoms. The van der Waals surface area contributed by atoms with E-state index < -0.39 is 0 Å². The highest BCUT2D eigenvalue weighted by atomic mass is 32.1. The summed E-state index contributed by atoms with van der Waals surface area (Å²) in [6, 6.07) is 6.79. The van der Waals surface area contributed by atoms with Crippen LogP contribution < -0.4 is 5.32 Å². The number of fused-ring (bicyclic) bond motifs is 1. The Kier molecular flexibility index (Phi) is 3.65. The molecular formula is C17H22N2S. The van der Waals surface area contributed by atoms with Crippen molar-refractivity contribution < 1.29 is 0 Å². The number of hydrogen-bond acceptors (Lipinski definition) is 3. The summed E-state index contributed by atoms with van der Waals surface area (Å²) in [5, 5.41) is 6.86. The number of nitrogens with one attached hydrogen (secondary N) is 1. The normalized spacial score (nSPS) is 15.2. The molecule has 1 aromatic heterocycles. The molecule has 0 amide bonds. The van der Waals surface area contributed by atoms with Crippen LogP contribution in [0, 0.1) is 5.41 Å². The molecule has 1 aromatic carbocycles. The van der Waals surface area contributed by atoms with E-state index in [-0.39, 0.29) is 0 Å². The fourth-order valence-corrected chi connectivity index (χ4v) is 3.72. The first-order valence-corrected chi connectivity index (χ1v) is 8.16. The molecule has 0 unspecified atom stereocenters. The summed E-state index contributed by atoms with van der Waals surface area (Å²) in [5.41, 5.74) is 5.62. The number of hydrogen-bond donors (Lipinski definition) is 1. The van der Waals surface area contributed by atoms with Gasteiger partial charge in [0.15, 0.2) is 0 Å². The van der Waals surface area contributed by atoms with Gasteiger partial charge in [-0.05, 0) is 35.6 Å². The molecular weight excluding hydrogens is 264 g/mol. The standard InChI is InChI=1S/C17H22N2S/c1-17(2,3)9-16-19-15(11-20-16)13-4-5-14-10-18-7-6-12(14)8-13/h4-5,8,11,18H,6-7,9-10H2,1-3H3. The van der Waals surface area contributed by atoms with Crippen LogP contribution in [0.15, 0.2) is 23.6 Å². The van der Waals surface area contributed by atoms with E-state index in [9.17, 15) is 0 Å². The Morgan fingerprint density at radius 3 is 2.90 bits per heavy atom. The highest BCUT2D eigenvalue weighted by Crippen LogP contribution is 2.28. The SMILES string of the molecule is CC(C)(C)Cc1nc(-c2ccc3c(c2)CCNC3)cs1. The van der Waals surface area contributed by atoms with E-state index in [4.69, 9.17) is 4.98 Å². The van der Waals surface area contributed by atoms with Gasteiger partial charge in [0.25, 0.3) is 0 Å². The Morgan fingerprint density at radius 2 is 2.10 bits per heavy atom. The number of thiazole rings is 1. The first-order chi connectivity index (χ1) is 9.51. The minimum Gasteiger partial charge on any atom is -0.312 e. The zero-order chi connectivity index (χ0) is 14.2. The van der Waals surface area contributed by atoms with Crippen LogP contribution in [-0.4, -0.2) is 11.5 Å².